The molecule has 0 aromatic carbocycles. The Bertz CT molecular complexity index is 167. The number of nitriles is 4. The molecule has 0 aliphatic carbocycles. The number of rotatable bonds is 0. The zero-order valence-electron chi connectivity index (χ0n) is 6.46. The third-order valence-electron chi connectivity index (χ3n) is 0. The summed E-state index contributed by atoms with van der Waals surface area (Å²) in [6, 6.07) is 0. The average molecular weight is 497 g/mol. The van der Waals surface area contributed by atoms with Crippen LogP contribution in [0.25, 0.3) is 0 Å². The van der Waals surface area contributed by atoms with Crippen molar-refractivity contribution >= 4 is 57.3 Å². The van der Waals surface area contributed by atoms with Crippen LogP contribution >= 0.6 is 0 Å². The van der Waals surface area contributed by atoms with Crippen molar-refractivity contribution in [2.75, 3.05) is 0 Å². The van der Waals surface area contributed by atoms with E-state index in [4.69, 9.17) is 21.0 Å². The Balaban J connectivity index is -0.0000000145. The zero-order chi connectivity index (χ0) is 10.8. The minimum atomic E-state index is 0. The number of hydrogen-bond donors (Lipinski definition) is 0. The number of thiocyanates is 2. The van der Waals surface area contributed by atoms with Gasteiger partial charge in [-0.05, 0) is 0 Å². The SMILES string of the molecule is N#C[S-].N#C[S-].N#C[Se].N#C[Se].[Cd+2].[Co]. The molecule has 0 aromatic rings. The third kappa shape index (κ3) is 2410. The van der Waals surface area contributed by atoms with Gasteiger partial charge in [0.2, 0.25) is 0 Å². The molecule has 0 fully saturated rings. The van der Waals surface area contributed by atoms with Crippen LogP contribution in [0.1, 0.15) is 0 Å². The Morgan fingerprint density at radius 3 is 0.786 bits per heavy atom. The minimum Gasteiger partial charge on any atom is 0 e. The zero-order valence-corrected chi connectivity index (χ0v) is 16.6. The molecule has 0 saturated carbocycles. The van der Waals surface area contributed by atoms with Gasteiger partial charge in [-0.1, -0.05) is 10.8 Å². The molecule has 14 heavy (non-hydrogen) atoms. The van der Waals surface area contributed by atoms with E-state index in [0.717, 1.165) is 0 Å². The first-order valence-corrected chi connectivity index (χ1v) is 4.24. The van der Waals surface area contributed by atoms with Crippen molar-refractivity contribution in [2.24, 2.45) is 0 Å². The van der Waals surface area contributed by atoms with E-state index in [1.165, 1.54) is 10.8 Å². The van der Waals surface area contributed by atoms with Gasteiger partial charge in [0, 0.05) is 16.8 Å². The molecule has 0 unspecified atom stereocenters. The number of nitrogens with zero attached hydrogens (tertiary/aromatic N) is 4. The molecule has 0 saturated heterocycles. The summed E-state index contributed by atoms with van der Waals surface area (Å²) >= 11 is 11.6. The third-order valence-corrected chi connectivity index (χ3v) is 0. The molecular formula is C4CdCoN4S2Se2. The molecule has 0 aromatic heterocycles. The van der Waals surface area contributed by atoms with Gasteiger partial charge in [0.05, 0.1) is 0 Å². The summed E-state index contributed by atoms with van der Waals surface area (Å²) in [5.74, 6) is 0. The molecule has 0 rings (SSSR count). The fourth-order valence-corrected chi connectivity index (χ4v) is 0. The van der Waals surface area contributed by atoms with Gasteiger partial charge in [-0.2, -0.15) is 0 Å². The molecule has 0 atom stereocenters. The largest absolute Gasteiger partial charge is 2.00 e. The minimum absolute atomic E-state index is 0. The van der Waals surface area contributed by atoms with Crippen LogP contribution in [0.15, 0.2) is 0 Å². The van der Waals surface area contributed by atoms with E-state index >= 15 is 0 Å². The van der Waals surface area contributed by atoms with Crippen LogP contribution in [0.4, 0.5) is 0 Å². The Morgan fingerprint density at radius 1 is 0.786 bits per heavy atom. The van der Waals surface area contributed by atoms with Crippen LogP contribution in [0, 0.1) is 41.8 Å². The molecule has 0 aliphatic rings. The molecule has 0 heterocycles. The molecule has 0 amide bonds. The van der Waals surface area contributed by atoms with E-state index in [1.807, 2.05) is 0 Å². The van der Waals surface area contributed by atoms with Crippen molar-refractivity contribution < 1.29 is 44.1 Å². The van der Waals surface area contributed by atoms with Crippen LogP contribution in [-0.2, 0) is 69.3 Å². The van der Waals surface area contributed by atoms with E-state index in [-0.39, 0.29) is 44.1 Å². The Hall–Kier alpha value is 0.868. The summed E-state index contributed by atoms with van der Waals surface area (Å²) < 4.78 is 0. The van der Waals surface area contributed by atoms with E-state index in [2.05, 4.69) is 57.3 Å². The van der Waals surface area contributed by atoms with Crippen molar-refractivity contribution in [3.8, 4) is 20.7 Å². The smallest absolute Gasteiger partial charge is 0 e. The normalized spacial score (nSPS) is 2.00. The standard InChI is InChI=1S/2CHNS.2CNSe.Cd.Co/c4*2-1-3;;/h2*3H;;;;/q;;;;+2;/p-2. The van der Waals surface area contributed by atoms with Crippen molar-refractivity contribution in [1.29, 1.82) is 21.0 Å². The number of hydrogen-bond acceptors (Lipinski definition) is 6. The maximum Gasteiger partial charge on any atom is 2.00 e. The van der Waals surface area contributed by atoms with Crippen molar-refractivity contribution in [1.82, 2.24) is 0 Å². The second-order valence-corrected chi connectivity index (χ2v) is 1.50. The molecule has 4 nitrogen and oxygen atoms in total. The van der Waals surface area contributed by atoms with E-state index < -0.39 is 0 Å². The summed E-state index contributed by atoms with van der Waals surface area (Å²) in [5.41, 5.74) is 0. The van der Waals surface area contributed by atoms with E-state index in [1.54, 1.807) is 9.94 Å². The van der Waals surface area contributed by atoms with Gasteiger partial charge >= 0.3 is 79.8 Å². The van der Waals surface area contributed by atoms with Gasteiger partial charge in [-0.25, -0.2) is 10.5 Å². The van der Waals surface area contributed by atoms with E-state index in [9.17, 15) is 0 Å². The van der Waals surface area contributed by atoms with Crippen LogP contribution < -0.4 is 0 Å². The van der Waals surface area contributed by atoms with Crippen LogP contribution in [-0.4, -0.2) is 32.0 Å². The topological polar surface area (TPSA) is 95.2 Å². The molecule has 10 heteroatoms. The van der Waals surface area contributed by atoms with Gasteiger partial charge < -0.3 is 25.3 Å². The van der Waals surface area contributed by atoms with Gasteiger partial charge in [0.25, 0.3) is 0 Å². The average Bonchev–Trinajstić information content (AvgIpc) is 1.92. The van der Waals surface area contributed by atoms with Crippen LogP contribution in [0.5, 0.6) is 0 Å². The fourth-order valence-electron chi connectivity index (χ4n) is 0. The second-order valence-electron chi connectivity index (χ2n) is 0.365. The Morgan fingerprint density at radius 2 is 0.786 bits per heavy atom. The Kier molecular flexibility index (Phi) is 252. The van der Waals surface area contributed by atoms with Crippen molar-refractivity contribution in [3.05, 3.63) is 0 Å². The van der Waals surface area contributed by atoms with Crippen LogP contribution in [0.3, 0.4) is 0 Å². The van der Waals surface area contributed by atoms with Gasteiger partial charge in [0.1, 0.15) is 0 Å². The molecule has 0 spiro atoms. The summed E-state index contributed by atoms with van der Waals surface area (Å²) in [7, 11) is 0. The summed E-state index contributed by atoms with van der Waals surface area (Å²) in [6.45, 7) is 0. The summed E-state index contributed by atoms with van der Waals surface area (Å²) in [6.07, 6.45) is 0. The Labute approximate surface area is 141 Å². The molecule has 0 aliphatic heterocycles. The first-order valence-electron chi connectivity index (χ1n) is 1.71. The maximum absolute atomic E-state index is 7.26. The maximum atomic E-state index is 7.26. The first kappa shape index (κ1) is 36.4. The molecule has 3 radical (unpaired) electrons. The first-order chi connectivity index (χ1) is 5.66. The predicted octanol–water partition coefficient (Wildman–Crippen LogP) is -0.704. The monoisotopic (exact) mass is 501 g/mol. The quantitative estimate of drug-likeness (QED) is 0.250. The molecule has 71 valence electrons. The molecule has 0 bridgehead atoms. The molecular weight excluding hydrogens is 497 g/mol. The molecule has 0 N–H and O–H groups in total. The van der Waals surface area contributed by atoms with Gasteiger partial charge in [-0.3, -0.25) is 0 Å². The predicted molar refractivity (Wildman–Crippen MR) is 48.7 cm³/mol. The second kappa shape index (κ2) is 96.9. The van der Waals surface area contributed by atoms with E-state index in [0.29, 0.717) is 0 Å². The van der Waals surface area contributed by atoms with Crippen molar-refractivity contribution in [3.63, 3.8) is 0 Å². The van der Waals surface area contributed by atoms with Gasteiger partial charge in [-0.15, -0.1) is 0 Å². The fraction of sp³-hybridized carbons (Fsp3) is 0. The summed E-state index contributed by atoms with van der Waals surface area (Å²) in [4.78, 5) is 3.25. The van der Waals surface area contributed by atoms with Crippen molar-refractivity contribution in [2.45, 2.75) is 0 Å². The van der Waals surface area contributed by atoms with Crippen LogP contribution in [0.2, 0.25) is 0 Å². The van der Waals surface area contributed by atoms with Gasteiger partial charge in [0.15, 0.2) is 0 Å². The summed E-state index contributed by atoms with van der Waals surface area (Å²) in [5, 5.41) is 31.5.